The topological polar surface area (TPSA) is 69.7 Å². The van der Waals surface area contributed by atoms with Crippen molar-refractivity contribution < 1.29 is 13.2 Å². The van der Waals surface area contributed by atoms with Crippen molar-refractivity contribution in [2.45, 2.75) is 45.1 Å². The first-order valence-corrected chi connectivity index (χ1v) is 10.9. The van der Waals surface area contributed by atoms with Crippen LogP contribution < -0.4 is 5.32 Å². The number of piperidine rings is 1. The minimum absolute atomic E-state index is 0.0129. The molecule has 1 N–H and O–H groups in total. The number of nitrogens with zero attached hydrogens (tertiary/aromatic N) is 2. The second-order valence-corrected chi connectivity index (χ2v) is 8.93. The maximum Gasteiger partial charge on any atom is 0.243 e. The standard InChI is InChI=1S/C19H31N3O3S/c1-4-22(5-2)26(24,25)18-10-8-17(9-11-18)13-20-19(23)15-21-12-6-7-16(3)14-21/h8-11,16H,4-7,12-15H2,1-3H3,(H,20,23)/t16-/m1/s1. The molecule has 1 saturated heterocycles. The van der Waals surface area contributed by atoms with Crippen LogP contribution in [0.3, 0.4) is 0 Å². The van der Waals surface area contributed by atoms with Gasteiger partial charge in [-0.3, -0.25) is 9.69 Å². The summed E-state index contributed by atoms with van der Waals surface area (Å²) >= 11 is 0. The summed E-state index contributed by atoms with van der Waals surface area (Å²) in [6.45, 7) is 9.57. The van der Waals surface area contributed by atoms with Crippen LogP contribution in [0.5, 0.6) is 0 Å². The Bertz CT molecular complexity index is 684. The maximum atomic E-state index is 12.5. The van der Waals surface area contributed by atoms with Gasteiger partial charge in [0.25, 0.3) is 0 Å². The van der Waals surface area contributed by atoms with Crippen LogP contribution >= 0.6 is 0 Å². The lowest BCUT2D eigenvalue weighted by atomic mass is 10.0. The van der Waals surface area contributed by atoms with Crippen LogP contribution in [-0.2, 0) is 21.4 Å². The van der Waals surface area contributed by atoms with Crippen molar-refractivity contribution in [3.63, 3.8) is 0 Å². The number of carbonyl (C=O) groups is 1. The monoisotopic (exact) mass is 381 g/mol. The summed E-state index contributed by atoms with van der Waals surface area (Å²) in [5.41, 5.74) is 0.892. The average molecular weight is 382 g/mol. The molecular weight excluding hydrogens is 350 g/mol. The second-order valence-electron chi connectivity index (χ2n) is 6.99. The van der Waals surface area contributed by atoms with Crippen LogP contribution in [0.1, 0.15) is 39.2 Å². The lowest BCUT2D eigenvalue weighted by Crippen LogP contribution is -2.41. The van der Waals surface area contributed by atoms with Crippen molar-refractivity contribution >= 4 is 15.9 Å². The Morgan fingerprint density at radius 2 is 1.88 bits per heavy atom. The van der Waals surface area contributed by atoms with Gasteiger partial charge in [0, 0.05) is 26.2 Å². The van der Waals surface area contributed by atoms with E-state index in [4.69, 9.17) is 0 Å². The number of sulfonamides is 1. The summed E-state index contributed by atoms with van der Waals surface area (Å²) in [6.07, 6.45) is 2.39. The van der Waals surface area contributed by atoms with E-state index >= 15 is 0 Å². The molecule has 1 aromatic carbocycles. The zero-order chi connectivity index (χ0) is 19.2. The highest BCUT2D eigenvalue weighted by Crippen LogP contribution is 2.17. The Balaban J connectivity index is 1.88. The van der Waals surface area contributed by atoms with E-state index in [-0.39, 0.29) is 5.91 Å². The number of amides is 1. The number of carbonyl (C=O) groups excluding carboxylic acids is 1. The molecule has 0 spiro atoms. The van der Waals surface area contributed by atoms with Crippen molar-refractivity contribution in [1.29, 1.82) is 0 Å². The number of hydrogen-bond donors (Lipinski definition) is 1. The van der Waals surface area contributed by atoms with Crippen LogP contribution in [0, 0.1) is 5.92 Å². The molecule has 2 rings (SSSR count). The number of hydrogen-bond acceptors (Lipinski definition) is 4. The van der Waals surface area contributed by atoms with E-state index in [0.29, 0.717) is 37.0 Å². The molecule has 1 aromatic rings. The SMILES string of the molecule is CCN(CC)S(=O)(=O)c1ccc(CNC(=O)CN2CCC[C@@H](C)C2)cc1. The molecule has 1 heterocycles. The predicted octanol–water partition coefficient (Wildman–Crippen LogP) is 2.07. The number of likely N-dealkylation sites (tertiary alicyclic amines) is 1. The van der Waals surface area contributed by atoms with Crippen molar-refractivity contribution in [1.82, 2.24) is 14.5 Å². The molecule has 0 unspecified atom stereocenters. The predicted molar refractivity (Wildman–Crippen MR) is 103 cm³/mol. The van der Waals surface area contributed by atoms with Crippen molar-refractivity contribution in [2.24, 2.45) is 5.92 Å². The van der Waals surface area contributed by atoms with Crippen LogP contribution in [0.15, 0.2) is 29.2 Å². The van der Waals surface area contributed by atoms with Crippen LogP contribution in [-0.4, -0.2) is 56.3 Å². The van der Waals surface area contributed by atoms with Gasteiger partial charge in [-0.2, -0.15) is 4.31 Å². The third-order valence-corrected chi connectivity index (χ3v) is 6.93. The fourth-order valence-electron chi connectivity index (χ4n) is 3.38. The minimum Gasteiger partial charge on any atom is -0.351 e. The van der Waals surface area contributed by atoms with Gasteiger partial charge in [-0.15, -0.1) is 0 Å². The van der Waals surface area contributed by atoms with Crippen LogP contribution in [0.4, 0.5) is 0 Å². The van der Waals surface area contributed by atoms with Gasteiger partial charge in [0.15, 0.2) is 0 Å². The van der Waals surface area contributed by atoms with Gasteiger partial charge in [-0.1, -0.05) is 32.9 Å². The van der Waals surface area contributed by atoms with Crippen molar-refractivity contribution in [2.75, 3.05) is 32.7 Å². The van der Waals surface area contributed by atoms with Crippen LogP contribution in [0.2, 0.25) is 0 Å². The van der Waals surface area contributed by atoms with Crippen molar-refractivity contribution in [3.8, 4) is 0 Å². The summed E-state index contributed by atoms with van der Waals surface area (Å²) in [5.74, 6) is 0.663. The largest absolute Gasteiger partial charge is 0.351 e. The molecule has 0 saturated carbocycles. The quantitative estimate of drug-likeness (QED) is 0.748. The Kier molecular flexibility index (Phi) is 7.61. The van der Waals surface area contributed by atoms with Crippen LogP contribution in [0.25, 0.3) is 0 Å². The molecule has 1 fully saturated rings. The molecule has 0 aliphatic carbocycles. The lowest BCUT2D eigenvalue weighted by Gasteiger charge is -2.30. The zero-order valence-electron chi connectivity index (χ0n) is 16.1. The molecule has 1 atom stereocenters. The summed E-state index contributed by atoms with van der Waals surface area (Å²) in [6, 6.07) is 6.75. The average Bonchev–Trinajstić information content (AvgIpc) is 2.61. The fraction of sp³-hybridized carbons (Fsp3) is 0.632. The number of rotatable bonds is 8. The van der Waals surface area contributed by atoms with Gasteiger partial charge in [0.1, 0.15) is 0 Å². The zero-order valence-corrected chi connectivity index (χ0v) is 16.9. The van der Waals surface area contributed by atoms with E-state index in [2.05, 4.69) is 17.1 Å². The third-order valence-electron chi connectivity index (χ3n) is 4.86. The molecule has 26 heavy (non-hydrogen) atoms. The molecule has 0 radical (unpaired) electrons. The smallest absolute Gasteiger partial charge is 0.243 e. The minimum atomic E-state index is -3.43. The number of benzene rings is 1. The second kappa shape index (κ2) is 9.48. The first kappa shape index (κ1) is 20.9. The Labute approximate surface area is 157 Å². The summed E-state index contributed by atoms with van der Waals surface area (Å²) < 4.78 is 26.4. The van der Waals surface area contributed by atoms with Crippen molar-refractivity contribution in [3.05, 3.63) is 29.8 Å². The maximum absolute atomic E-state index is 12.5. The fourth-order valence-corrected chi connectivity index (χ4v) is 4.84. The molecule has 0 bridgehead atoms. The Morgan fingerprint density at radius 1 is 1.23 bits per heavy atom. The first-order valence-electron chi connectivity index (χ1n) is 9.45. The highest BCUT2D eigenvalue weighted by atomic mass is 32.2. The van der Waals surface area contributed by atoms with E-state index in [1.165, 1.54) is 10.7 Å². The molecule has 146 valence electrons. The Hall–Kier alpha value is -1.44. The number of nitrogens with one attached hydrogen (secondary N) is 1. The normalized spacial score (nSPS) is 18.8. The van der Waals surface area contributed by atoms with Gasteiger partial charge in [-0.25, -0.2) is 8.42 Å². The highest BCUT2D eigenvalue weighted by Gasteiger charge is 2.21. The van der Waals surface area contributed by atoms with E-state index in [1.807, 2.05) is 13.8 Å². The molecule has 0 aromatic heterocycles. The van der Waals surface area contributed by atoms with Gasteiger partial charge in [0.2, 0.25) is 15.9 Å². The molecule has 1 aliphatic rings. The van der Waals surface area contributed by atoms with Gasteiger partial charge < -0.3 is 5.32 Å². The molecule has 6 nitrogen and oxygen atoms in total. The van der Waals surface area contributed by atoms with E-state index in [9.17, 15) is 13.2 Å². The van der Waals surface area contributed by atoms with E-state index in [0.717, 1.165) is 25.1 Å². The lowest BCUT2D eigenvalue weighted by molar-refractivity contribution is -0.122. The summed E-state index contributed by atoms with van der Waals surface area (Å²) in [7, 11) is -3.43. The van der Waals surface area contributed by atoms with Gasteiger partial charge in [-0.05, 0) is 43.0 Å². The van der Waals surface area contributed by atoms with Gasteiger partial charge >= 0.3 is 0 Å². The molecule has 7 heteroatoms. The third kappa shape index (κ3) is 5.53. The molecular formula is C19H31N3O3S. The highest BCUT2D eigenvalue weighted by molar-refractivity contribution is 7.89. The van der Waals surface area contributed by atoms with E-state index < -0.39 is 10.0 Å². The first-order chi connectivity index (χ1) is 12.4. The molecule has 1 aliphatic heterocycles. The molecule has 1 amide bonds. The van der Waals surface area contributed by atoms with Gasteiger partial charge in [0.05, 0.1) is 11.4 Å². The Morgan fingerprint density at radius 3 is 2.46 bits per heavy atom. The summed E-state index contributed by atoms with van der Waals surface area (Å²) in [4.78, 5) is 14.6. The van der Waals surface area contributed by atoms with E-state index in [1.54, 1.807) is 24.3 Å². The summed E-state index contributed by atoms with van der Waals surface area (Å²) in [5, 5.41) is 2.92.